The first kappa shape index (κ1) is 29.8. The molecule has 220 valence electrons. The average Bonchev–Trinajstić information content (AvgIpc) is 2.91. The van der Waals surface area contributed by atoms with Crippen molar-refractivity contribution in [2.75, 3.05) is 61.6 Å². The van der Waals surface area contributed by atoms with Crippen LogP contribution in [0.5, 0.6) is 11.6 Å². The molecule has 12 heteroatoms. The van der Waals surface area contributed by atoms with Crippen LogP contribution < -0.4 is 24.6 Å². The minimum Gasteiger partial charge on any atom is -0.491 e. The average molecular weight is 572 g/mol. The number of carbonyl (C=O) groups excluding carboxylic acids is 1. The third-order valence-electron chi connectivity index (χ3n) is 5.97. The van der Waals surface area contributed by atoms with E-state index in [9.17, 15) is 13.6 Å². The van der Waals surface area contributed by atoms with Gasteiger partial charge in [0.1, 0.15) is 36.1 Å². The Balaban J connectivity index is 1.48. The molecule has 2 aromatic carbocycles. The minimum atomic E-state index is -0.706. The zero-order valence-electron chi connectivity index (χ0n) is 23.7. The summed E-state index contributed by atoms with van der Waals surface area (Å²) in [6, 6.07) is 13.5. The van der Waals surface area contributed by atoms with Crippen molar-refractivity contribution in [3.63, 3.8) is 0 Å². The van der Waals surface area contributed by atoms with Gasteiger partial charge in [0.05, 0.1) is 6.61 Å². The van der Waals surface area contributed by atoms with Gasteiger partial charge in [-0.15, -0.1) is 0 Å². The van der Waals surface area contributed by atoms with Crippen LogP contribution in [-0.4, -0.2) is 68.2 Å². The highest BCUT2D eigenvalue weighted by atomic mass is 19.1. The maximum atomic E-state index is 14.9. The molecule has 1 amide bonds. The van der Waals surface area contributed by atoms with Crippen LogP contribution in [-0.2, 0) is 16.1 Å². The Morgan fingerprint density at radius 3 is 2.22 bits per heavy atom. The largest absolute Gasteiger partial charge is 0.491 e. The van der Waals surface area contributed by atoms with Gasteiger partial charge in [-0.3, -0.25) is 5.32 Å². The van der Waals surface area contributed by atoms with Gasteiger partial charge in [-0.05, 0) is 26.3 Å². The van der Waals surface area contributed by atoms with E-state index in [1.165, 1.54) is 25.3 Å². The van der Waals surface area contributed by atoms with Crippen molar-refractivity contribution in [3.8, 4) is 11.6 Å². The smallest absolute Gasteiger partial charge is 0.413 e. The van der Waals surface area contributed by atoms with E-state index in [0.717, 1.165) is 5.56 Å². The fraction of sp³-hybridized carbons (Fsp3) is 0.414. The third-order valence-corrected chi connectivity index (χ3v) is 5.97. The number of nitrogens with one attached hydrogen (secondary N) is 1. The van der Waals surface area contributed by atoms with E-state index in [-0.39, 0.29) is 36.3 Å². The van der Waals surface area contributed by atoms with Gasteiger partial charge in [-0.1, -0.05) is 30.3 Å². The van der Waals surface area contributed by atoms with Gasteiger partial charge in [0.25, 0.3) is 0 Å². The first-order valence-electron chi connectivity index (χ1n) is 13.3. The maximum absolute atomic E-state index is 14.9. The molecule has 10 nitrogen and oxygen atoms in total. The molecule has 4 rings (SSSR count). The number of ether oxygens (including phenoxy) is 4. The number of aromatic nitrogens is 2. The molecule has 3 aromatic rings. The summed E-state index contributed by atoms with van der Waals surface area (Å²) >= 11 is 0. The van der Waals surface area contributed by atoms with Gasteiger partial charge in [-0.2, -0.15) is 9.97 Å². The Morgan fingerprint density at radius 1 is 0.927 bits per heavy atom. The Labute approximate surface area is 238 Å². The van der Waals surface area contributed by atoms with Crippen LogP contribution in [0.15, 0.2) is 48.5 Å². The highest BCUT2D eigenvalue weighted by molar-refractivity contribution is 5.84. The molecule has 0 unspecified atom stereocenters. The molecule has 0 atom stereocenters. The second-order valence-corrected chi connectivity index (χ2v) is 10.3. The van der Waals surface area contributed by atoms with E-state index in [0.29, 0.717) is 38.7 Å². The molecule has 0 saturated carbocycles. The quantitative estimate of drug-likeness (QED) is 0.336. The number of halogens is 2. The van der Waals surface area contributed by atoms with Gasteiger partial charge < -0.3 is 28.7 Å². The van der Waals surface area contributed by atoms with Crippen LogP contribution in [0.4, 0.5) is 31.0 Å². The number of hydrogen-bond donors (Lipinski definition) is 1. The summed E-state index contributed by atoms with van der Waals surface area (Å²) in [5, 5.41) is 2.64. The Kier molecular flexibility index (Phi) is 9.77. The summed E-state index contributed by atoms with van der Waals surface area (Å²) in [6.45, 7) is 7.42. The fourth-order valence-electron chi connectivity index (χ4n) is 4.13. The highest BCUT2D eigenvalue weighted by Gasteiger charge is 2.26. The highest BCUT2D eigenvalue weighted by Crippen LogP contribution is 2.30. The van der Waals surface area contributed by atoms with Crippen molar-refractivity contribution in [2.24, 2.45) is 0 Å². The van der Waals surface area contributed by atoms with Crippen molar-refractivity contribution in [1.82, 2.24) is 9.97 Å². The number of nitrogens with zero attached hydrogens (tertiary/aromatic N) is 4. The van der Waals surface area contributed by atoms with Gasteiger partial charge in [-0.25, -0.2) is 13.6 Å². The van der Waals surface area contributed by atoms with Crippen molar-refractivity contribution in [2.45, 2.75) is 33.0 Å². The second kappa shape index (κ2) is 13.4. The van der Waals surface area contributed by atoms with Crippen molar-refractivity contribution in [1.29, 1.82) is 0 Å². The van der Waals surface area contributed by atoms with Crippen molar-refractivity contribution < 1.29 is 32.5 Å². The number of benzene rings is 2. The lowest BCUT2D eigenvalue weighted by Crippen LogP contribution is -2.47. The second-order valence-electron chi connectivity index (χ2n) is 10.3. The van der Waals surface area contributed by atoms with Crippen LogP contribution in [0.3, 0.4) is 0 Å². The molecule has 1 fully saturated rings. The molecular weight excluding hydrogens is 536 g/mol. The maximum Gasteiger partial charge on any atom is 0.413 e. The number of rotatable bonds is 10. The summed E-state index contributed by atoms with van der Waals surface area (Å²) in [4.78, 5) is 25.0. The van der Waals surface area contributed by atoms with Crippen LogP contribution in [0.1, 0.15) is 26.3 Å². The van der Waals surface area contributed by atoms with Crippen molar-refractivity contribution in [3.05, 3.63) is 65.7 Å². The lowest BCUT2D eigenvalue weighted by molar-refractivity contribution is 0.0635. The van der Waals surface area contributed by atoms with Crippen LogP contribution in [0.25, 0.3) is 0 Å². The molecular formula is C29H35F2N5O5. The monoisotopic (exact) mass is 571 g/mol. The van der Waals surface area contributed by atoms with Gasteiger partial charge in [0.15, 0.2) is 11.6 Å². The van der Waals surface area contributed by atoms with E-state index < -0.39 is 23.3 Å². The molecule has 0 radical (unpaired) electrons. The van der Waals surface area contributed by atoms with Crippen LogP contribution in [0.2, 0.25) is 0 Å². The van der Waals surface area contributed by atoms with Crippen LogP contribution in [0, 0.1) is 11.6 Å². The summed E-state index contributed by atoms with van der Waals surface area (Å²) in [5.74, 6) is -0.539. The summed E-state index contributed by atoms with van der Waals surface area (Å²) < 4.78 is 51.3. The van der Waals surface area contributed by atoms with E-state index in [2.05, 4.69) is 15.3 Å². The van der Waals surface area contributed by atoms with E-state index >= 15 is 0 Å². The predicted octanol–water partition coefficient (Wildman–Crippen LogP) is 5.03. The molecule has 1 aliphatic rings. The topological polar surface area (TPSA) is 98.3 Å². The Bertz CT molecular complexity index is 1290. The number of hydrogen-bond acceptors (Lipinski definition) is 9. The molecule has 1 saturated heterocycles. The molecule has 0 aliphatic carbocycles. The van der Waals surface area contributed by atoms with Crippen molar-refractivity contribution >= 4 is 23.5 Å². The molecule has 0 bridgehead atoms. The molecule has 1 aliphatic heterocycles. The molecule has 41 heavy (non-hydrogen) atoms. The van der Waals surface area contributed by atoms with Gasteiger partial charge >= 0.3 is 6.09 Å². The van der Waals surface area contributed by atoms with Crippen LogP contribution >= 0.6 is 0 Å². The predicted molar refractivity (Wildman–Crippen MR) is 151 cm³/mol. The zero-order valence-corrected chi connectivity index (χ0v) is 23.7. The van der Waals surface area contributed by atoms with E-state index in [1.54, 1.807) is 25.7 Å². The normalized spacial score (nSPS) is 13.6. The lowest BCUT2D eigenvalue weighted by Gasteiger charge is -2.36. The first-order valence-corrected chi connectivity index (χ1v) is 13.3. The van der Waals surface area contributed by atoms with E-state index in [1.807, 2.05) is 35.2 Å². The standard InChI is InChI=1S/C29H35F2N5O5/c1-29(2,3)41-28(37)33-24-18-25(40-19-20-8-6-5-7-9-20)34-27(32-24)36-12-10-35(11-13-36)26-22(30)16-21(17-23(26)31)39-15-14-38-4/h5-9,16-18H,10-15,19H2,1-4H3,(H,32,33,34,37). The SMILES string of the molecule is COCCOc1cc(F)c(N2CCN(c3nc(NC(=O)OC(C)(C)C)cc(OCc4ccccc4)n3)CC2)c(F)c1. The fourth-order valence-corrected chi connectivity index (χ4v) is 4.13. The third kappa shape index (κ3) is 8.65. The number of amides is 1. The lowest BCUT2D eigenvalue weighted by atomic mass is 10.2. The number of methoxy groups -OCH3 is 1. The minimum absolute atomic E-state index is 0.102. The Hall–Kier alpha value is -4.19. The zero-order chi connectivity index (χ0) is 29.4. The number of piperazine rings is 1. The first-order chi connectivity index (χ1) is 19.6. The van der Waals surface area contributed by atoms with Gasteiger partial charge in [0, 0.05) is 51.5 Å². The molecule has 0 spiro atoms. The molecule has 1 aromatic heterocycles. The van der Waals surface area contributed by atoms with Gasteiger partial charge in [0.2, 0.25) is 11.8 Å². The molecule has 1 N–H and O–H groups in total. The molecule has 2 heterocycles. The number of anilines is 3. The Morgan fingerprint density at radius 2 is 1.59 bits per heavy atom. The summed E-state index contributed by atoms with van der Waals surface area (Å²) in [7, 11) is 1.52. The summed E-state index contributed by atoms with van der Waals surface area (Å²) in [5.41, 5.74) is 0.140. The summed E-state index contributed by atoms with van der Waals surface area (Å²) in [6.07, 6.45) is -0.665. The van der Waals surface area contributed by atoms with E-state index in [4.69, 9.17) is 18.9 Å². The number of carbonyl (C=O) groups is 1.